The number of carboxylic acids is 1. The average molecular weight is 331 g/mol. The van der Waals surface area contributed by atoms with Crippen molar-refractivity contribution in [3.63, 3.8) is 0 Å². The normalized spacial score (nSPS) is 27.1. The third-order valence-electron chi connectivity index (χ3n) is 5.47. The first-order chi connectivity index (χ1) is 11.5. The molecule has 0 aromatic heterocycles. The summed E-state index contributed by atoms with van der Waals surface area (Å²) in [6.07, 6.45) is 2.69. The summed E-state index contributed by atoms with van der Waals surface area (Å²) in [6, 6.07) is 7.47. The van der Waals surface area contributed by atoms with Gasteiger partial charge in [0.25, 0.3) is 5.91 Å². The first kappa shape index (κ1) is 17.0. The number of benzene rings is 1. The lowest BCUT2D eigenvalue weighted by molar-refractivity contribution is -0.163. The Balaban J connectivity index is 1.86. The number of aliphatic carboxylic acids is 1. The molecule has 0 bridgehead atoms. The molecule has 0 spiro atoms. The van der Waals surface area contributed by atoms with E-state index in [1.165, 1.54) is 0 Å². The predicted octanol–water partition coefficient (Wildman–Crippen LogP) is 2.33. The van der Waals surface area contributed by atoms with Gasteiger partial charge < -0.3 is 15.1 Å². The van der Waals surface area contributed by atoms with Crippen LogP contribution in [-0.2, 0) is 11.2 Å². The largest absolute Gasteiger partial charge is 0.481 e. The number of aryl methyl sites for hydroxylation is 1. The standard InChI is InChI=1S/C19H25NO4/c1-2-14-5-3-4-6-15(14)17(22)20-10-9-16(21)19(12-20,18(23)24)11-13-7-8-13/h3-6,13,16,21H,2,7-12H2,1H3,(H,23,24)/t16-,19+/m1/s1. The third-order valence-corrected chi connectivity index (χ3v) is 5.47. The molecule has 5 nitrogen and oxygen atoms in total. The van der Waals surface area contributed by atoms with E-state index < -0.39 is 17.5 Å². The van der Waals surface area contributed by atoms with Gasteiger partial charge >= 0.3 is 5.97 Å². The number of aliphatic hydroxyl groups is 1. The molecular formula is C19H25NO4. The second-order valence-electron chi connectivity index (χ2n) is 7.15. The van der Waals surface area contributed by atoms with Gasteiger partial charge in [0.15, 0.2) is 0 Å². The molecule has 1 saturated heterocycles. The van der Waals surface area contributed by atoms with E-state index in [0.717, 1.165) is 24.8 Å². The van der Waals surface area contributed by atoms with Gasteiger partial charge in [0, 0.05) is 18.7 Å². The summed E-state index contributed by atoms with van der Waals surface area (Å²) in [7, 11) is 0. The van der Waals surface area contributed by atoms with Crippen LogP contribution in [0.5, 0.6) is 0 Å². The molecule has 3 rings (SSSR count). The molecule has 2 aliphatic rings. The highest BCUT2D eigenvalue weighted by Gasteiger charge is 2.52. The second-order valence-corrected chi connectivity index (χ2v) is 7.15. The van der Waals surface area contributed by atoms with Crippen LogP contribution in [0.25, 0.3) is 0 Å². The van der Waals surface area contributed by atoms with Crippen LogP contribution in [0.15, 0.2) is 24.3 Å². The van der Waals surface area contributed by atoms with Crippen LogP contribution >= 0.6 is 0 Å². The number of hydrogen-bond acceptors (Lipinski definition) is 3. The maximum atomic E-state index is 12.9. The number of hydrogen-bond donors (Lipinski definition) is 2. The molecule has 2 N–H and O–H groups in total. The molecule has 1 aliphatic heterocycles. The highest BCUT2D eigenvalue weighted by molar-refractivity contribution is 5.96. The number of carbonyl (C=O) groups is 2. The van der Waals surface area contributed by atoms with Gasteiger partial charge in [-0.05, 0) is 36.8 Å². The number of aliphatic hydroxyl groups excluding tert-OH is 1. The lowest BCUT2D eigenvalue weighted by atomic mass is 9.73. The lowest BCUT2D eigenvalue weighted by Crippen LogP contribution is -2.57. The molecule has 2 fully saturated rings. The van der Waals surface area contributed by atoms with Crippen LogP contribution in [0.2, 0.25) is 0 Å². The van der Waals surface area contributed by atoms with E-state index in [-0.39, 0.29) is 12.5 Å². The molecule has 1 saturated carbocycles. The zero-order chi connectivity index (χ0) is 17.3. The van der Waals surface area contributed by atoms with E-state index in [0.29, 0.717) is 30.9 Å². The van der Waals surface area contributed by atoms with Gasteiger partial charge in [-0.3, -0.25) is 9.59 Å². The summed E-state index contributed by atoms with van der Waals surface area (Å²) >= 11 is 0. The van der Waals surface area contributed by atoms with Crippen LogP contribution in [0.4, 0.5) is 0 Å². The van der Waals surface area contributed by atoms with Crippen molar-refractivity contribution in [2.75, 3.05) is 13.1 Å². The van der Waals surface area contributed by atoms with Crippen molar-refractivity contribution in [3.05, 3.63) is 35.4 Å². The minimum Gasteiger partial charge on any atom is -0.481 e. The molecule has 0 radical (unpaired) electrons. The Kier molecular flexibility index (Phi) is 4.63. The van der Waals surface area contributed by atoms with E-state index >= 15 is 0 Å². The quantitative estimate of drug-likeness (QED) is 0.868. The van der Waals surface area contributed by atoms with Gasteiger partial charge in [-0.15, -0.1) is 0 Å². The van der Waals surface area contributed by atoms with Crippen LogP contribution in [0.3, 0.4) is 0 Å². The molecule has 1 amide bonds. The van der Waals surface area contributed by atoms with Crippen LogP contribution < -0.4 is 0 Å². The molecule has 1 aromatic rings. The minimum atomic E-state index is -1.23. The fourth-order valence-electron chi connectivity index (χ4n) is 3.80. The van der Waals surface area contributed by atoms with Crippen molar-refractivity contribution in [3.8, 4) is 0 Å². The van der Waals surface area contributed by atoms with E-state index in [2.05, 4.69) is 0 Å². The third kappa shape index (κ3) is 3.05. The fraction of sp³-hybridized carbons (Fsp3) is 0.579. The number of nitrogens with zero attached hydrogens (tertiary/aromatic N) is 1. The molecule has 1 aromatic carbocycles. The maximum absolute atomic E-state index is 12.9. The summed E-state index contributed by atoms with van der Waals surface area (Å²) in [5.41, 5.74) is 0.384. The van der Waals surface area contributed by atoms with E-state index in [1.807, 2.05) is 25.1 Å². The highest BCUT2D eigenvalue weighted by Crippen LogP contribution is 2.45. The Morgan fingerprint density at radius 3 is 2.58 bits per heavy atom. The smallest absolute Gasteiger partial charge is 0.314 e. The maximum Gasteiger partial charge on any atom is 0.314 e. The van der Waals surface area contributed by atoms with Crippen molar-refractivity contribution >= 4 is 11.9 Å². The van der Waals surface area contributed by atoms with Crippen molar-refractivity contribution in [2.24, 2.45) is 11.3 Å². The van der Waals surface area contributed by atoms with E-state index in [1.54, 1.807) is 11.0 Å². The average Bonchev–Trinajstić information content (AvgIpc) is 3.40. The summed E-state index contributed by atoms with van der Waals surface area (Å²) in [5.74, 6) is -0.738. The Hall–Kier alpha value is -1.88. The molecular weight excluding hydrogens is 306 g/mol. The van der Waals surface area contributed by atoms with Gasteiger partial charge in [-0.2, -0.15) is 0 Å². The van der Waals surface area contributed by atoms with Gasteiger partial charge in [0.1, 0.15) is 5.41 Å². The number of carbonyl (C=O) groups excluding carboxylic acids is 1. The van der Waals surface area contributed by atoms with Gasteiger partial charge in [0.05, 0.1) is 6.10 Å². The number of carboxylic acid groups (broad SMARTS) is 1. The molecule has 0 unspecified atom stereocenters. The number of likely N-dealkylation sites (tertiary alicyclic amines) is 1. The number of amides is 1. The first-order valence-electron chi connectivity index (χ1n) is 8.76. The van der Waals surface area contributed by atoms with Crippen molar-refractivity contribution in [1.82, 2.24) is 4.90 Å². The Morgan fingerprint density at radius 1 is 1.25 bits per heavy atom. The van der Waals surface area contributed by atoms with Gasteiger partial charge in [-0.25, -0.2) is 0 Å². The predicted molar refractivity (Wildman–Crippen MR) is 89.8 cm³/mol. The monoisotopic (exact) mass is 331 g/mol. The van der Waals surface area contributed by atoms with Crippen LogP contribution in [0, 0.1) is 11.3 Å². The summed E-state index contributed by atoms with van der Waals surface area (Å²) in [5, 5.41) is 20.2. The van der Waals surface area contributed by atoms with Gasteiger partial charge in [-0.1, -0.05) is 38.0 Å². The Labute approximate surface area is 142 Å². The summed E-state index contributed by atoms with van der Waals surface area (Å²) < 4.78 is 0. The first-order valence-corrected chi connectivity index (χ1v) is 8.76. The topological polar surface area (TPSA) is 77.8 Å². The van der Waals surface area contributed by atoms with Crippen LogP contribution in [-0.4, -0.2) is 46.2 Å². The molecule has 2 atom stereocenters. The highest BCUT2D eigenvalue weighted by atomic mass is 16.4. The molecule has 1 aliphatic carbocycles. The zero-order valence-electron chi connectivity index (χ0n) is 14.1. The van der Waals surface area contributed by atoms with E-state index in [4.69, 9.17) is 0 Å². The number of rotatable bonds is 5. The summed E-state index contributed by atoms with van der Waals surface area (Å²) in [4.78, 5) is 26.6. The second kappa shape index (κ2) is 6.55. The van der Waals surface area contributed by atoms with E-state index in [9.17, 15) is 19.8 Å². The fourth-order valence-corrected chi connectivity index (χ4v) is 3.80. The molecule has 1 heterocycles. The Morgan fingerprint density at radius 2 is 1.96 bits per heavy atom. The molecule has 130 valence electrons. The molecule has 24 heavy (non-hydrogen) atoms. The Bertz CT molecular complexity index is 640. The minimum absolute atomic E-state index is 0.0941. The van der Waals surface area contributed by atoms with Crippen molar-refractivity contribution in [1.29, 1.82) is 0 Å². The lowest BCUT2D eigenvalue weighted by Gasteiger charge is -2.43. The van der Waals surface area contributed by atoms with Crippen molar-refractivity contribution < 1.29 is 19.8 Å². The van der Waals surface area contributed by atoms with Crippen molar-refractivity contribution in [2.45, 2.75) is 45.1 Å². The zero-order valence-corrected chi connectivity index (χ0v) is 14.1. The van der Waals surface area contributed by atoms with Crippen LogP contribution in [0.1, 0.15) is 48.5 Å². The SMILES string of the molecule is CCc1ccccc1C(=O)N1CC[C@@H](O)[C@@](CC2CC2)(C(=O)O)C1. The summed E-state index contributed by atoms with van der Waals surface area (Å²) in [6.45, 7) is 2.50. The van der Waals surface area contributed by atoms with Gasteiger partial charge in [0.2, 0.25) is 0 Å². The molecule has 5 heteroatoms. The number of piperidine rings is 1.